The molecule has 2 N–H and O–H groups in total. The smallest absolute Gasteiger partial charge is 0.416 e. The average Bonchev–Trinajstić information content (AvgIpc) is 3.53. The van der Waals surface area contributed by atoms with Crippen molar-refractivity contribution >= 4 is 35.0 Å². The third kappa shape index (κ3) is 7.04. The molecule has 2 heterocycles. The van der Waals surface area contributed by atoms with E-state index in [1.165, 1.54) is 33.5 Å². The standard InChI is InChI=1S/C35H38Cl2F3N3O5/c1-46-28-18-22(19-29(47-2)30(28)48-3)31(44)43-17-13-33(21-43,25-8-9-26(36)27(37)20-25)10-16-42-32(45)34(11-14-41-15-12-34)23-4-6-24(7-5-23)35(38,39)40/h4-9,18-20,41H,10-17,21H2,1-3H3,(H,42,45). The Morgan fingerprint density at radius 2 is 1.50 bits per heavy atom. The SMILES string of the molecule is COc1cc(C(=O)N2CCC(CCNC(=O)C3(c4ccc(C(F)(F)F)cc4)CCNCC3)(c3ccc(Cl)c(Cl)c3)C2)cc(OC)c1OC. The highest BCUT2D eigenvalue weighted by molar-refractivity contribution is 6.42. The molecular weight excluding hydrogens is 670 g/mol. The zero-order chi connectivity index (χ0) is 34.7. The lowest BCUT2D eigenvalue weighted by atomic mass is 9.72. The zero-order valence-electron chi connectivity index (χ0n) is 26.9. The van der Waals surface area contributed by atoms with Crippen LogP contribution in [-0.4, -0.2) is 70.8 Å². The number of alkyl halides is 3. The van der Waals surface area contributed by atoms with E-state index in [0.717, 1.165) is 17.7 Å². The third-order valence-corrected chi connectivity index (χ3v) is 10.4. The number of methoxy groups -OCH3 is 3. The summed E-state index contributed by atoms with van der Waals surface area (Å²) in [4.78, 5) is 29.6. The van der Waals surface area contributed by atoms with Crippen LogP contribution in [0.5, 0.6) is 17.2 Å². The van der Waals surface area contributed by atoms with Crippen LogP contribution in [0.3, 0.4) is 0 Å². The van der Waals surface area contributed by atoms with E-state index < -0.39 is 22.6 Å². The number of piperidine rings is 1. The predicted molar refractivity (Wildman–Crippen MR) is 178 cm³/mol. The van der Waals surface area contributed by atoms with Crippen LogP contribution in [0.15, 0.2) is 54.6 Å². The summed E-state index contributed by atoms with van der Waals surface area (Å²) < 4.78 is 56.2. The number of nitrogens with zero attached hydrogens (tertiary/aromatic N) is 1. The Hall–Kier alpha value is -3.67. The molecule has 258 valence electrons. The number of carbonyl (C=O) groups is 2. The molecule has 0 aliphatic carbocycles. The van der Waals surface area contributed by atoms with Gasteiger partial charge in [-0.3, -0.25) is 9.59 Å². The molecule has 5 rings (SSSR count). The Kier molecular flexibility index (Phi) is 10.7. The van der Waals surface area contributed by atoms with Gasteiger partial charge in [0.05, 0.1) is 42.4 Å². The van der Waals surface area contributed by atoms with E-state index in [9.17, 15) is 22.8 Å². The number of hydrogen-bond donors (Lipinski definition) is 2. The van der Waals surface area contributed by atoms with Crippen LogP contribution in [0.4, 0.5) is 13.2 Å². The van der Waals surface area contributed by atoms with Gasteiger partial charge in [0.1, 0.15) is 0 Å². The molecule has 8 nitrogen and oxygen atoms in total. The van der Waals surface area contributed by atoms with Crippen LogP contribution in [0.1, 0.15) is 52.7 Å². The minimum atomic E-state index is -4.47. The molecule has 0 spiro atoms. The molecule has 0 radical (unpaired) electrons. The normalized spacial score (nSPS) is 19.1. The fraction of sp³-hybridized carbons (Fsp3) is 0.429. The van der Waals surface area contributed by atoms with Crippen molar-refractivity contribution in [3.05, 3.63) is 86.9 Å². The summed E-state index contributed by atoms with van der Waals surface area (Å²) in [5.41, 5.74) is -0.510. The van der Waals surface area contributed by atoms with E-state index in [2.05, 4.69) is 10.6 Å². The Labute approximate surface area is 287 Å². The molecule has 3 aromatic carbocycles. The van der Waals surface area contributed by atoms with Crippen molar-refractivity contribution in [3.8, 4) is 17.2 Å². The maximum atomic E-state index is 13.9. The van der Waals surface area contributed by atoms with Crippen LogP contribution in [-0.2, 0) is 21.8 Å². The van der Waals surface area contributed by atoms with Crippen LogP contribution in [0.25, 0.3) is 0 Å². The lowest BCUT2D eigenvalue weighted by Crippen LogP contribution is -2.51. The van der Waals surface area contributed by atoms with Gasteiger partial charge in [0, 0.05) is 30.6 Å². The molecular formula is C35H38Cl2F3N3O5. The molecule has 2 saturated heterocycles. The second-order valence-electron chi connectivity index (χ2n) is 12.2. The summed E-state index contributed by atoms with van der Waals surface area (Å²) >= 11 is 12.7. The summed E-state index contributed by atoms with van der Waals surface area (Å²) in [5.74, 6) is 0.629. The fourth-order valence-electron chi connectivity index (χ4n) is 6.91. The van der Waals surface area contributed by atoms with Crippen LogP contribution in [0, 0.1) is 0 Å². The molecule has 48 heavy (non-hydrogen) atoms. The molecule has 0 aromatic heterocycles. The first-order valence-electron chi connectivity index (χ1n) is 15.6. The molecule has 2 amide bonds. The number of nitrogens with one attached hydrogen (secondary N) is 2. The molecule has 2 fully saturated rings. The van der Waals surface area contributed by atoms with Crippen molar-refractivity contribution in [1.29, 1.82) is 0 Å². The third-order valence-electron chi connectivity index (χ3n) is 9.63. The van der Waals surface area contributed by atoms with Gasteiger partial charge in [0.2, 0.25) is 11.7 Å². The summed E-state index contributed by atoms with van der Waals surface area (Å²) in [6, 6.07) is 13.5. The van der Waals surface area contributed by atoms with Crippen LogP contribution >= 0.6 is 23.2 Å². The number of carbonyl (C=O) groups excluding carboxylic acids is 2. The predicted octanol–water partition coefficient (Wildman–Crippen LogP) is 6.65. The maximum Gasteiger partial charge on any atom is 0.416 e. The second-order valence-corrected chi connectivity index (χ2v) is 13.0. The van der Waals surface area contributed by atoms with Gasteiger partial charge in [0.25, 0.3) is 5.91 Å². The van der Waals surface area contributed by atoms with Crippen molar-refractivity contribution in [2.75, 3.05) is 54.1 Å². The van der Waals surface area contributed by atoms with E-state index in [-0.39, 0.29) is 18.4 Å². The monoisotopic (exact) mass is 707 g/mol. The zero-order valence-corrected chi connectivity index (χ0v) is 28.5. The van der Waals surface area contributed by atoms with Gasteiger partial charge in [-0.2, -0.15) is 13.2 Å². The maximum absolute atomic E-state index is 13.9. The summed E-state index contributed by atoms with van der Waals surface area (Å²) in [6.07, 6.45) is -2.52. The second kappa shape index (κ2) is 14.4. The Bertz CT molecular complexity index is 1620. The van der Waals surface area contributed by atoms with Crippen molar-refractivity contribution in [3.63, 3.8) is 0 Å². The van der Waals surface area contributed by atoms with Gasteiger partial charge >= 0.3 is 6.18 Å². The topological polar surface area (TPSA) is 89.1 Å². The first-order chi connectivity index (χ1) is 22.9. The largest absolute Gasteiger partial charge is 0.493 e. The first kappa shape index (κ1) is 35.6. The highest BCUT2D eigenvalue weighted by Crippen LogP contribution is 2.43. The average molecular weight is 709 g/mol. The fourth-order valence-corrected chi connectivity index (χ4v) is 7.20. The number of hydrogen-bond acceptors (Lipinski definition) is 6. The highest BCUT2D eigenvalue weighted by atomic mass is 35.5. The summed E-state index contributed by atoms with van der Waals surface area (Å²) in [7, 11) is 4.45. The summed E-state index contributed by atoms with van der Waals surface area (Å²) in [5, 5.41) is 7.13. The number of benzene rings is 3. The quantitative estimate of drug-likeness (QED) is 0.245. The number of likely N-dealkylation sites (tertiary alicyclic amines) is 1. The first-order valence-corrected chi connectivity index (χ1v) is 16.3. The van der Waals surface area contributed by atoms with Gasteiger partial charge in [-0.05, 0) is 86.3 Å². The number of ether oxygens (including phenoxy) is 3. The molecule has 1 atom stereocenters. The Morgan fingerprint density at radius 1 is 0.875 bits per heavy atom. The van der Waals surface area contributed by atoms with Crippen LogP contribution in [0.2, 0.25) is 10.0 Å². The lowest BCUT2D eigenvalue weighted by Gasteiger charge is -2.37. The minimum absolute atomic E-state index is 0.226. The number of rotatable bonds is 10. The van der Waals surface area contributed by atoms with Crippen molar-refractivity contribution in [2.24, 2.45) is 0 Å². The Balaban J connectivity index is 1.39. The van der Waals surface area contributed by atoms with E-state index in [0.29, 0.717) is 90.3 Å². The minimum Gasteiger partial charge on any atom is -0.493 e. The molecule has 2 aliphatic heterocycles. The number of amides is 2. The van der Waals surface area contributed by atoms with E-state index in [4.69, 9.17) is 37.4 Å². The number of halogens is 5. The van der Waals surface area contributed by atoms with Crippen LogP contribution < -0.4 is 24.8 Å². The summed E-state index contributed by atoms with van der Waals surface area (Å²) in [6.45, 7) is 2.15. The van der Waals surface area contributed by atoms with E-state index in [1.807, 2.05) is 6.07 Å². The van der Waals surface area contributed by atoms with E-state index >= 15 is 0 Å². The lowest BCUT2D eigenvalue weighted by molar-refractivity contribution is -0.137. The van der Waals surface area contributed by atoms with Gasteiger partial charge in [0.15, 0.2) is 11.5 Å². The molecule has 3 aromatic rings. The highest BCUT2D eigenvalue weighted by Gasteiger charge is 2.44. The van der Waals surface area contributed by atoms with E-state index in [1.54, 1.807) is 29.2 Å². The van der Waals surface area contributed by atoms with Gasteiger partial charge < -0.3 is 29.7 Å². The van der Waals surface area contributed by atoms with Crippen molar-refractivity contribution < 1.29 is 37.0 Å². The van der Waals surface area contributed by atoms with Gasteiger partial charge in [-0.25, -0.2) is 0 Å². The molecule has 13 heteroatoms. The molecule has 2 aliphatic rings. The molecule has 0 saturated carbocycles. The van der Waals surface area contributed by atoms with Crippen molar-refractivity contribution in [2.45, 2.75) is 42.7 Å². The van der Waals surface area contributed by atoms with Crippen molar-refractivity contribution in [1.82, 2.24) is 15.5 Å². The molecule has 1 unspecified atom stereocenters. The van der Waals surface area contributed by atoms with Gasteiger partial charge in [-0.1, -0.05) is 41.4 Å². The molecule has 0 bridgehead atoms. The van der Waals surface area contributed by atoms with Gasteiger partial charge in [-0.15, -0.1) is 0 Å². The Morgan fingerprint density at radius 3 is 2.06 bits per heavy atom.